The number of aromatic nitrogens is 4. The first-order chi connectivity index (χ1) is 30.3. The number of nitrogens with zero attached hydrogens (tertiary/aromatic N) is 6. The molecule has 16 heteroatoms. The van der Waals surface area contributed by atoms with E-state index in [0.29, 0.717) is 17.1 Å². The summed E-state index contributed by atoms with van der Waals surface area (Å²) in [5.74, 6) is -1.98. The summed E-state index contributed by atoms with van der Waals surface area (Å²) in [4.78, 5) is 54.6. The number of benzene rings is 3. The van der Waals surface area contributed by atoms with Crippen molar-refractivity contribution in [2.75, 3.05) is 6.54 Å². The van der Waals surface area contributed by atoms with Crippen molar-refractivity contribution >= 4 is 46.1 Å². The number of likely N-dealkylation sites (tertiary alicyclic amines) is 1. The zero-order valence-corrected chi connectivity index (χ0v) is 38.7. The lowest BCUT2D eigenvalue weighted by Crippen LogP contribution is -2.58. The molecule has 0 radical (unpaired) electrons. The molecule has 3 N–H and O–H groups in total. The number of aliphatic imine (C=N–C) groups is 1. The van der Waals surface area contributed by atoms with Crippen LogP contribution in [0.4, 0.5) is 8.78 Å². The maximum Gasteiger partial charge on any atom is 0.254 e. The minimum absolute atomic E-state index is 0.0112. The van der Waals surface area contributed by atoms with Gasteiger partial charge >= 0.3 is 0 Å². The minimum Gasteiger partial charge on any atom is -0.391 e. The van der Waals surface area contributed by atoms with Gasteiger partial charge in [0.25, 0.3) is 5.91 Å². The third kappa shape index (κ3) is 8.29. The van der Waals surface area contributed by atoms with E-state index in [9.17, 15) is 19.5 Å². The van der Waals surface area contributed by atoms with Crippen molar-refractivity contribution in [2.24, 2.45) is 10.4 Å². The molecule has 1 fully saturated rings. The third-order valence-corrected chi connectivity index (χ3v) is 14.3. The first-order valence-corrected chi connectivity index (χ1v) is 22.8. The van der Waals surface area contributed by atoms with Gasteiger partial charge in [0, 0.05) is 34.5 Å². The zero-order valence-electron chi connectivity index (χ0n) is 37.1. The number of rotatable bonds is 9. The summed E-state index contributed by atoms with van der Waals surface area (Å²) in [6, 6.07) is 13.4. The van der Waals surface area contributed by atoms with Crippen molar-refractivity contribution in [2.45, 2.75) is 99.0 Å². The van der Waals surface area contributed by atoms with E-state index in [0.717, 1.165) is 54.6 Å². The van der Waals surface area contributed by atoms with Crippen LogP contribution in [0.5, 0.6) is 0 Å². The Labute approximate surface area is 378 Å². The number of hydrogen-bond donors (Lipinski definition) is 3. The third-order valence-electron chi connectivity index (χ3n) is 12.2. The van der Waals surface area contributed by atoms with Crippen LogP contribution >= 0.6 is 22.7 Å². The Morgan fingerprint density at radius 2 is 1.59 bits per heavy atom. The number of carbonyl (C=O) groups is 3. The second-order valence-corrected chi connectivity index (χ2v) is 19.8. The maximum atomic E-state index is 16.1. The van der Waals surface area contributed by atoms with Crippen LogP contribution in [0.15, 0.2) is 71.2 Å². The number of halogens is 2. The normalized spacial score (nSPS) is 18.2. The lowest BCUT2D eigenvalue weighted by molar-refractivity contribution is -0.142. The van der Waals surface area contributed by atoms with Crippen LogP contribution in [0.2, 0.25) is 0 Å². The van der Waals surface area contributed by atoms with Crippen molar-refractivity contribution < 1.29 is 28.3 Å². The summed E-state index contributed by atoms with van der Waals surface area (Å²) in [5.41, 5.74) is 6.79. The molecule has 0 aliphatic carbocycles. The molecule has 1 saturated heterocycles. The zero-order chi connectivity index (χ0) is 45.9. The topological polar surface area (TPSA) is 155 Å². The Morgan fingerprint density at radius 3 is 2.25 bits per heavy atom. The number of amides is 3. The Bertz CT molecular complexity index is 2840. The van der Waals surface area contributed by atoms with Gasteiger partial charge in [0.05, 0.1) is 39.5 Å². The second kappa shape index (κ2) is 17.2. The van der Waals surface area contributed by atoms with Crippen molar-refractivity contribution in [1.29, 1.82) is 0 Å². The summed E-state index contributed by atoms with van der Waals surface area (Å²) < 4.78 is 34.1. The average Bonchev–Trinajstić information content (AvgIpc) is 4.01. The number of fused-ring (bicyclic) bond motifs is 3. The van der Waals surface area contributed by atoms with Gasteiger partial charge in [0.1, 0.15) is 40.6 Å². The Balaban J connectivity index is 0.981. The van der Waals surface area contributed by atoms with E-state index in [-0.39, 0.29) is 35.7 Å². The van der Waals surface area contributed by atoms with E-state index in [1.807, 2.05) is 70.4 Å². The molecule has 3 amide bonds. The maximum absolute atomic E-state index is 16.1. The number of thiophene rings is 1. The number of nitrogens with one attached hydrogen (secondary N) is 2. The number of β-amino-alcohol motifs (C(OH)–C–C–N with tert-alkyl or cyclic N) is 1. The molecule has 12 nitrogen and oxygen atoms in total. The largest absolute Gasteiger partial charge is 0.391 e. The van der Waals surface area contributed by atoms with Gasteiger partial charge in [-0.25, -0.2) is 13.8 Å². The first-order valence-electron chi connectivity index (χ1n) is 21.1. The van der Waals surface area contributed by atoms with E-state index in [1.165, 1.54) is 23.1 Å². The predicted octanol–water partition coefficient (Wildman–Crippen LogP) is 8.53. The van der Waals surface area contributed by atoms with Crippen molar-refractivity contribution in [3.8, 4) is 26.6 Å². The van der Waals surface area contributed by atoms with Crippen molar-refractivity contribution in [1.82, 2.24) is 35.3 Å². The highest BCUT2D eigenvalue weighted by Gasteiger charge is 2.45. The second-order valence-electron chi connectivity index (χ2n) is 17.7. The molecule has 6 aromatic rings. The van der Waals surface area contributed by atoms with Crippen LogP contribution in [0, 0.1) is 44.7 Å². The number of aliphatic hydroxyl groups excluding tert-OH is 1. The van der Waals surface area contributed by atoms with Gasteiger partial charge in [0.2, 0.25) is 11.8 Å². The van der Waals surface area contributed by atoms with Crippen LogP contribution in [-0.4, -0.2) is 77.9 Å². The van der Waals surface area contributed by atoms with Crippen molar-refractivity contribution in [3.63, 3.8) is 0 Å². The number of aliphatic hydroxyl groups is 1. The van der Waals surface area contributed by atoms with E-state index in [4.69, 9.17) is 4.99 Å². The van der Waals surface area contributed by atoms with E-state index in [1.54, 1.807) is 61.1 Å². The fraction of sp³-hybridized carbons (Fsp3) is 0.354. The van der Waals surface area contributed by atoms with E-state index >= 15 is 8.78 Å². The average molecular weight is 905 g/mol. The van der Waals surface area contributed by atoms with Gasteiger partial charge < -0.3 is 20.6 Å². The van der Waals surface area contributed by atoms with Gasteiger partial charge in [-0.1, -0.05) is 63.2 Å². The number of carbonyl (C=O) groups excluding carboxylic acids is 3. The standard InChI is InChI=1S/C48H50F2N8O4S2/c1-23-27(5)64-47-39(23)40(52-26(4)43-56-55-28(6)58(43)47)32-15-16-34(36(49)19-32)31-14-17-35(37(50)18-31)44(60)54-42(48(7,8)9)46(62)57-21-33(59)20-38(57)45(61)53-24(2)29-10-12-30(13-11-29)41-25(3)51-22-63-41/h10-19,22,24,26,33,38,42,59H,20-21H2,1-9H3,(H,53,61)(H,54,60)/t24?,26-,33+,38-,42?/m0/s1. The monoisotopic (exact) mass is 904 g/mol. The molecule has 3 aromatic heterocycles. The predicted molar refractivity (Wildman–Crippen MR) is 245 cm³/mol. The highest BCUT2D eigenvalue weighted by Crippen LogP contribution is 2.39. The molecule has 0 saturated carbocycles. The summed E-state index contributed by atoms with van der Waals surface area (Å²) >= 11 is 3.15. The van der Waals surface area contributed by atoms with Gasteiger partial charge in [-0.3, -0.25) is 23.9 Å². The molecule has 332 valence electrons. The summed E-state index contributed by atoms with van der Waals surface area (Å²) in [6.07, 6.45) is -0.957. The Kier molecular flexibility index (Phi) is 12.0. The SMILES string of the molecule is Cc1ncsc1-c1ccc(C(C)NC(=O)[C@@H]2C[C@@H](O)CN2C(=O)C(NC(=O)c2ccc(-c3ccc(C4=N[C@@H](C)c5nnc(C)n5-c5sc(C)c(C)c54)cc3F)cc2F)C(C)(C)C)cc1. The molecule has 2 aliphatic heterocycles. The molecule has 2 aliphatic rings. The molecule has 0 spiro atoms. The summed E-state index contributed by atoms with van der Waals surface area (Å²) in [5, 5.41) is 26.0. The lowest BCUT2D eigenvalue weighted by Gasteiger charge is -2.35. The van der Waals surface area contributed by atoms with Crippen LogP contribution < -0.4 is 10.6 Å². The molecule has 8 rings (SSSR count). The minimum atomic E-state index is -1.20. The number of thiazole rings is 1. The van der Waals surface area contributed by atoms with Gasteiger partial charge in [0.15, 0.2) is 5.82 Å². The quantitative estimate of drug-likeness (QED) is 0.131. The van der Waals surface area contributed by atoms with Crippen molar-refractivity contribution in [3.05, 3.63) is 128 Å². The fourth-order valence-electron chi connectivity index (χ4n) is 8.47. The lowest BCUT2D eigenvalue weighted by atomic mass is 9.85. The molecule has 5 atom stereocenters. The van der Waals surface area contributed by atoms with Gasteiger partial charge in [-0.2, -0.15) is 0 Å². The van der Waals surface area contributed by atoms with Crippen LogP contribution in [-0.2, 0) is 9.59 Å². The Hall–Kier alpha value is -5.97. The highest BCUT2D eigenvalue weighted by atomic mass is 32.1. The van der Waals surface area contributed by atoms with E-state index in [2.05, 4.69) is 25.8 Å². The molecule has 5 heterocycles. The molecule has 64 heavy (non-hydrogen) atoms. The molecular formula is C48H50F2N8O4S2. The number of aryl methyl sites for hydroxylation is 3. The summed E-state index contributed by atoms with van der Waals surface area (Å²) in [7, 11) is 0. The molecule has 0 bridgehead atoms. The Morgan fingerprint density at radius 1 is 0.906 bits per heavy atom. The first kappa shape index (κ1) is 44.6. The smallest absolute Gasteiger partial charge is 0.254 e. The van der Waals surface area contributed by atoms with E-state index < -0.39 is 59.0 Å². The van der Waals surface area contributed by atoms with Gasteiger partial charge in [-0.15, -0.1) is 32.9 Å². The molecule has 2 unspecified atom stereocenters. The van der Waals surface area contributed by atoms with Crippen LogP contribution in [0.3, 0.4) is 0 Å². The molecular weight excluding hydrogens is 855 g/mol. The fourth-order valence-corrected chi connectivity index (χ4v) is 10.5. The highest BCUT2D eigenvalue weighted by molar-refractivity contribution is 7.15. The van der Waals surface area contributed by atoms with Crippen LogP contribution in [0.25, 0.3) is 26.6 Å². The number of hydrogen-bond acceptors (Lipinski definition) is 10. The molecule has 3 aromatic carbocycles. The van der Waals surface area contributed by atoms with Crippen LogP contribution in [0.1, 0.15) is 108 Å². The van der Waals surface area contributed by atoms with Gasteiger partial charge in [-0.05, 0) is 87.4 Å². The summed E-state index contributed by atoms with van der Waals surface area (Å²) in [6.45, 7) is 16.8.